The first-order chi connectivity index (χ1) is 19.0. The van der Waals surface area contributed by atoms with Crippen LogP contribution in [0.1, 0.15) is 39.1 Å². The zero-order chi connectivity index (χ0) is 28.9. The van der Waals surface area contributed by atoms with E-state index in [4.69, 9.17) is 0 Å². The number of rotatable bonds is 10. The largest absolute Gasteiger partial charge is 0.508 e. The van der Waals surface area contributed by atoms with Crippen LogP contribution in [0.2, 0.25) is 0 Å². The number of alkyl halides is 3. The molecule has 0 aliphatic carbocycles. The molecule has 0 spiro atoms. The molecule has 0 fully saturated rings. The van der Waals surface area contributed by atoms with Crippen LogP contribution in [-0.2, 0) is 0 Å². The number of aromatic hydroxyl groups is 1. The zero-order valence-corrected chi connectivity index (χ0v) is 21.6. The summed E-state index contributed by atoms with van der Waals surface area (Å²) >= 11 is 0. The first-order valence-electron chi connectivity index (χ1n) is 12.5. The molecule has 4 aromatic carbocycles. The average molecular weight is 549 g/mol. The molecule has 0 unspecified atom stereocenters. The van der Waals surface area contributed by atoms with Crippen LogP contribution in [0.4, 0.5) is 35.9 Å². The standard InChI is InChI=1S/C31H27F3N2O4/c1-35(25-12-14-28(37)15-13-25)24-10-8-21(9-11-24)29(38)22-18-23(30(39)40)20-27(19-22)36(17-5-16-31(32,33)34)26-6-3-2-4-7-26/h2-4,6-15,18-20,37H,5,16-17H2,1H3,(H,39,40). The van der Waals surface area contributed by atoms with Crippen LogP contribution in [-0.4, -0.2) is 41.7 Å². The van der Waals surface area contributed by atoms with E-state index in [9.17, 15) is 33.0 Å². The molecule has 0 aromatic heterocycles. The van der Waals surface area contributed by atoms with Gasteiger partial charge in [-0.05, 0) is 85.3 Å². The molecule has 0 saturated heterocycles. The number of aromatic carboxylic acids is 1. The third-order valence-corrected chi connectivity index (χ3v) is 6.40. The van der Waals surface area contributed by atoms with Crippen LogP contribution in [0.3, 0.4) is 0 Å². The minimum atomic E-state index is -4.32. The number of carbonyl (C=O) groups excluding carboxylic acids is 1. The highest BCUT2D eigenvalue weighted by Gasteiger charge is 2.27. The predicted molar refractivity (Wildman–Crippen MR) is 148 cm³/mol. The quantitative estimate of drug-likeness (QED) is 0.199. The summed E-state index contributed by atoms with van der Waals surface area (Å²) < 4.78 is 38.6. The molecule has 40 heavy (non-hydrogen) atoms. The molecule has 206 valence electrons. The molecule has 4 aromatic rings. The summed E-state index contributed by atoms with van der Waals surface area (Å²) in [4.78, 5) is 28.9. The van der Waals surface area contributed by atoms with Gasteiger partial charge < -0.3 is 20.0 Å². The number of hydrogen-bond acceptors (Lipinski definition) is 5. The summed E-state index contributed by atoms with van der Waals surface area (Å²) in [5.41, 5.74) is 2.75. The molecule has 6 nitrogen and oxygen atoms in total. The van der Waals surface area contributed by atoms with Crippen molar-refractivity contribution < 1.29 is 33.0 Å². The number of ketones is 1. The minimum absolute atomic E-state index is 0.0292. The molecule has 0 radical (unpaired) electrons. The van der Waals surface area contributed by atoms with Gasteiger partial charge in [0.05, 0.1) is 5.56 Å². The van der Waals surface area contributed by atoms with E-state index in [1.54, 1.807) is 83.8 Å². The summed E-state index contributed by atoms with van der Waals surface area (Å²) in [7, 11) is 1.84. The number of carboxylic acids is 1. The number of phenolic OH excluding ortho intramolecular Hbond substituents is 1. The second-order valence-corrected chi connectivity index (χ2v) is 9.23. The van der Waals surface area contributed by atoms with Crippen molar-refractivity contribution in [2.75, 3.05) is 23.4 Å². The lowest BCUT2D eigenvalue weighted by molar-refractivity contribution is -0.134. The Morgan fingerprint density at radius 3 is 1.88 bits per heavy atom. The first kappa shape index (κ1) is 28.2. The second-order valence-electron chi connectivity index (χ2n) is 9.23. The van der Waals surface area contributed by atoms with Crippen molar-refractivity contribution in [2.45, 2.75) is 19.0 Å². The summed E-state index contributed by atoms with van der Waals surface area (Å²) in [6.07, 6.45) is -5.53. The first-order valence-corrected chi connectivity index (χ1v) is 12.5. The highest BCUT2D eigenvalue weighted by molar-refractivity contribution is 6.10. The van der Waals surface area contributed by atoms with Crippen molar-refractivity contribution >= 4 is 34.5 Å². The fraction of sp³-hybridized carbons (Fsp3) is 0.161. The van der Waals surface area contributed by atoms with Gasteiger partial charge in [0.2, 0.25) is 0 Å². The van der Waals surface area contributed by atoms with Gasteiger partial charge in [0, 0.05) is 53.9 Å². The molecule has 2 N–H and O–H groups in total. The summed E-state index contributed by atoms with van der Waals surface area (Å²) in [6, 6.07) is 26.2. The molecular formula is C31H27F3N2O4. The Hall–Kier alpha value is -4.79. The molecule has 0 saturated carbocycles. The van der Waals surface area contributed by atoms with Crippen LogP contribution in [0.25, 0.3) is 0 Å². The molecule has 0 aliphatic heterocycles. The Bertz CT molecular complexity index is 1470. The number of hydrogen-bond donors (Lipinski definition) is 2. The predicted octanol–water partition coefficient (Wildman–Crippen LogP) is 7.57. The van der Waals surface area contributed by atoms with Crippen molar-refractivity contribution in [1.82, 2.24) is 0 Å². The summed E-state index contributed by atoms with van der Waals surface area (Å²) in [5.74, 6) is -1.54. The maximum absolute atomic E-state index is 13.5. The van der Waals surface area contributed by atoms with Crippen LogP contribution in [0.15, 0.2) is 97.1 Å². The van der Waals surface area contributed by atoms with Gasteiger partial charge >= 0.3 is 12.1 Å². The Morgan fingerprint density at radius 1 is 0.725 bits per heavy atom. The Kier molecular flexibility index (Phi) is 8.43. The fourth-order valence-corrected chi connectivity index (χ4v) is 4.30. The SMILES string of the molecule is CN(c1ccc(O)cc1)c1ccc(C(=O)c2cc(C(=O)O)cc(N(CCCC(F)(F)F)c3ccccc3)c2)cc1. The van der Waals surface area contributed by atoms with E-state index < -0.39 is 24.3 Å². The smallest absolute Gasteiger partial charge is 0.389 e. The third-order valence-electron chi connectivity index (χ3n) is 6.40. The molecule has 9 heteroatoms. The lowest BCUT2D eigenvalue weighted by Crippen LogP contribution is -2.21. The van der Waals surface area contributed by atoms with Gasteiger partial charge in [-0.1, -0.05) is 18.2 Å². The minimum Gasteiger partial charge on any atom is -0.508 e. The van der Waals surface area contributed by atoms with Gasteiger partial charge in [0.25, 0.3) is 0 Å². The molecule has 4 rings (SSSR count). The number of halogens is 3. The molecule has 0 aliphatic rings. The monoisotopic (exact) mass is 548 g/mol. The van der Waals surface area contributed by atoms with Crippen LogP contribution in [0, 0.1) is 0 Å². The Balaban J connectivity index is 1.65. The van der Waals surface area contributed by atoms with Gasteiger partial charge in [-0.3, -0.25) is 4.79 Å². The molecule has 0 atom stereocenters. The number of carboxylic acid groups (broad SMARTS) is 1. The lowest BCUT2D eigenvalue weighted by Gasteiger charge is -2.26. The molecular weight excluding hydrogens is 521 g/mol. The van der Waals surface area contributed by atoms with Crippen molar-refractivity contribution in [3.05, 3.63) is 114 Å². The van der Waals surface area contributed by atoms with E-state index in [0.717, 1.165) is 11.4 Å². The number of para-hydroxylation sites is 1. The Labute approximate surface area is 229 Å². The number of carbonyl (C=O) groups is 2. The van der Waals surface area contributed by atoms with Crippen molar-refractivity contribution in [3.8, 4) is 5.75 Å². The second kappa shape index (κ2) is 11.9. The average Bonchev–Trinajstić information content (AvgIpc) is 2.94. The van der Waals surface area contributed by atoms with Crippen LogP contribution in [0.5, 0.6) is 5.75 Å². The van der Waals surface area contributed by atoms with Gasteiger partial charge in [0.1, 0.15) is 5.75 Å². The maximum Gasteiger partial charge on any atom is 0.389 e. The van der Waals surface area contributed by atoms with Crippen molar-refractivity contribution in [3.63, 3.8) is 0 Å². The Morgan fingerprint density at radius 2 is 1.30 bits per heavy atom. The number of benzene rings is 4. The van der Waals surface area contributed by atoms with E-state index in [1.165, 1.54) is 18.2 Å². The third kappa shape index (κ3) is 6.99. The number of phenols is 1. The summed E-state index contributed by atoms with van der Waals surface area (Å²) in [5, 5.41) is 19.3. The van der Waals surface area contributed by atoms with Crippen molar-refractivity contribution in [1.29, 1.82) is 0 Å². The van der Waals surface area contributed by atoms with E-state index in [2.05, 4.69) is 0 Å². The fourth-order valence-electron chi connectivity index (χ4n) is 4.30. The lowest BCUT2D eigenvalue weighted by atomic mass is 9.99. The molecule has 0 bridgehead atoms. The number of anilines is 4. The topological polar surface area (TPSA) is 81.1 Å². The highest BCUT2D eigenvalue weighted by Crippen LogP contribution is 2.31. The molecule has 0 amide bonds. The van der Waals surface area contributed by atoms with E-state index in [-0.39, 0.29) is 29.8 Å². The normalized spacial score (nSPS) is 11.2. The number of nitrogens with zero attached hydrogens (tertiary/aromatic N) is 2. The summed E-state index contributed by atoms with van der Waals surface area (Å²) in [6.45, 7) is -0.0292. The van der Waals surface area contributed by atoms with E-state index >= 15 is 0 Å². The van der Waals surface area contributed by atoms with E-state index in [1.807, 2.05) is 11.9 Å². The highest BCUT2D eigenvalue weighted by atomic mass is 19.4. The van der Waals surface area contributed by atoms with Gasteiger partial charge in [-0.2, -0.15) is 13.2 Å². The van der Waals surface area contributed by atoms with Gasteiger partial charge in [-0.25, -0.2) is 4.79 Å². The van der Waals surface area contributed by atoms with Crippen molar-refractivity contribution in [2.24, 2.45) is 0 Å². The zero-order valence-electron chi connectivity index (χ0n) is 21.6. The molecule has 0 heterocycles. The van der Waals surface area contributed by atoms with Gasteiger partial charge in [-0.15, -0.1) is 0 Å². The van der Waals surface area contributed by atoms with Crippen LogP contribution >= 0.6 is 0 Å². The van der Waals surface area contributed by atoms with Gasteiger partial charge in [0.15, 0.2) is 5.78 Å². The maximum atomic E-state index is 13.5. The van der Waals surface area contributed by atoms with E-state index in [0.29, 0.717) is 16.9 Å². The van der Waals surface area contributed by atoms with Crippen LogP contribution < -0.4 is 9.80 Å².